The molecular weight excluding hydrogens is 242 g/mol. The molecule has 2 rings (SSSR count). The fraction of sp³-hybridized carbons (Fsp3) is 0.533. The van der Waals surface area contributed by atoms with Crippen molar-refractivity contribution >= 4 is 5.97 Å². The first-order valence-corrected chi connectivity index (χ1v) is 6.87. The summed E-state index contributed by atoms with van der Waals surface area (Å²) < 4.78 is 5.60. The zero-order chi connectivity index (χ0) is 13.7. The van der Waals surface area contributed by atoms with Gasteiger partial charge in [-0.3, -0.25) is 4.79 Å². The molecule has 0 radical (unpaired) electrons. The second-order valence-corrected chi connectivity index (χ2v) is 5.10. The fourth-order valence-electron chi connectivity index (χ4n) is 2.65. The topological polar surface area (TPSA) is 72.5 Å². The van der Waals surface area contributed by atoms with E-state index in [1.54, 1.807) is 0 Å². The van der Waals surface area contributed by atoms with E-state index >= 15 is 0 Å². The van der Waals surface area contributed by atoms with E-state index in [9.17, 15) is 9.90 Å². The highest BCUT2D eigenvalue weighted by molar-refractivity contribution is 5.70. The molecule has 0 aliphatic carbocycles. The Morgan fingerprint density at radius 1 is 1.42 bits per heavy atom. The average molecular weight is 263 g/mol. The minimum atomic E-state index is -0.707. The number of nitrogens with two attached hydrogens (primary N) is 1. The molecule has 1 aromatic rings. The molecule has 104 valence electrons. The quantitative estimate of drug-likeness (QED) is 0.741. The molecule has 19 heavy (non-hydrogen) atoms. The summed E-state index contributed by atoms with van der Waals surface area (Å²) in [5, 5.41) is 9.31. The largest absolute Gasteiger partial charge is 0.493 e. The van der Waals surface area contributed by atoms with Crippen molar-refractivity contribution in [3.63, 3.8) is 0 Å². The Morgan fingerprint density at radius 3 is 2.95 bits per heavy atom. The zero-order valence-corrected chi connectivity index (χ0v) is 11.0. The summed E-state index contributed by atoms with van der Waals surface area (Å²) in [6.07, 6.45) is 3.12. The number of carboxylic acid groups (broad SMARTS) is 1. The number of unbranched alkanes of at least 4 members (excludes halogenated alkanes) is 1. The van der Waals surface area contributed by atoms with Gasteiger partial charge in [-0.15, -0.1) is 0 Å². The molecular formula is C15H21NO3. The van der Waals surface area contributed by atoms with E-state index in [1.807, 2.05) is 24.3 Å². The van der Waals surface area contributed by atoms with Gasteiger partial charge in [0, 0.05) is 11.5 Å². The van der Waals surface area contributed by atoms with Crippen molar-refractivity contribution in [1.29, 1.82) is 0 Å². The summed E-state index contributed by atoms with van der Waals surface area (Å²) in [5.74, 6) is 0.0986. The summed E-state index contributed by atoms with van der Waals surface area (Å²) in [7, 11) is 0. The van der Waals surface area contributed by atoms with E-state index in [-0.39, 0.29) is 11.8 Å². The lowest BCUT2D eigenvalue weighted by Crippen LogP contribution is -2.18. The van der Waals surface area contributed by atoms with Gasteiger partial charge in [-0.05, 0) is 31.9 Å². The third kappa shape index (κ3) is 3.47. The molecule has 0 aromatic heterocycles. The molecule has 1 heterocycles. The molecule has 0 saturated carbocycles. The number of ether oxygens (including phenoxy) is 1. The molecule has 2 unspecified atom stereocenters. The average Bonchev–Trinajstić information content (AvgIpc) is 2.81. The van der Waals surface area contributed by atoms with Crippen LogP contribution >= 0.6 is 0 Å². The van der Waals surface area contributed by atoms with Crippen molar-refractivity contribution in [2.45, 2.75) is 31.6 Å². The lowest BCUT2D eigenvalue weighted by Gasteiger charge is -2.16. The summed E-state index contributed by atoms with van der Waals surface area (Å²) in [4.78, 5) is 11.3. The van der Waals surface area contributed by atoms with Crippen LogP contribution in [0.4, 0.5) is 0 Å². The van der Waals surface area contributed by atoms with Crippen LogP contribution < -0.4 is 10.5 Å². The number of hydrogen-bond acceptors (Lipinski definition) is 3. The van der Waals surface area contributed by atoms with E-state index in [0.29, 0.717) is 26.0 Å². The lowest BCUT2D eigenvalue weighted by molar-refractivity contribution is -0.142. The number of rotatable bonds is 7. The number of fused-ring (bicyclic) bond motifs is 1. The Labute approximate surface area is 113 Å². The number of carboxylic acids is 1. The Hall–Kier alpha value is -1.55. The van der Waals surface area contributed by atoms with Crippen molar-refractivity contribution in [1.82, 2.24) is 0 Å². The number of carbonyl (C=O) groups is 1. The van der Waals surface area contributed by atoms with Gasteiger partial charge < -0.3 is 15.6 Å². The normalized spacial score (nSPS) is 18.7. The summed E-state index contributed by atoms with van der Waals surface area (Å²) in [5.41, 5.74) is 6.60. The van der Waals surface area contributed by atoms with Gasteiger partial charge in [-0.1, -0.05) is 24.6 Å². The first-order valence-electron chi connectivity index (χ1n) is 6.87. The summed E-state index contributed by atoms with van der Waals surface area (Å²) in [6, 6.07) is 7.90. The Bertz CT molecular complexity index is 433. The van der Waals surface area contributed by atoms with Gasteiger partial charge >= 0.3 is 5.97 Å². The minimum Gasteiger partial charge on any atom is -0.493 e. The van der Waals surface area contributed by atoms with Crippen LogP contribution in [-0.4, -0.2) is 24.2 Å². The predicted molar refractivity (Wildman–Crippen MR) is 73.3 cm³/mol. The van der Waals surface area contributed by atoms with Gasteiger partial charge in [0.05, 0.1) is 12.5 Å². The highest BCUT2D eigenvalue weighted by atomic mass is 16.5. The molecule has 0 amide bonds. The maximum atomic E-state index is 11.3. The molecule has 0 spiro atoms. The van der Waals surface area contributed by atoms with E-state index in [1.165, 1.54) is 0 Å². The predicted octanol–water partition coefficient (Wildman–Crippen LogP) is 2.38. The van der Waals surface area contributed by atoms with E-state index in [4.69, 9.17) is 10.5 Å². The van der Waals surface area contributed by atoms with Crippen LogP contribution in [0, 0.1) is 5.92 Å². The summed E-state index contributed by atoms with van der Waals surface area (Å²) >= 11 is 0. The smallest absolute Gasteiger partial charge is 0.306 e. The molecule has 0 bridgehead atoms. The van der Waals surface area contributed by atoms with E-state index in [0.717, 1.165) is 24.2 Å². The second kappa shape index (κ2) is 6.57. The first-order chi connectivity index (χ1) is 9.22. The Kier molecular flexibility index (Phi) is 4.80. The first kappa shape index (κ1) is 13.9. The van der Waals surface area contributed by atoms with E-state index in [2.05, 4.69) is 0 Å². The lowest BCUT2D eigenvalue weighted by atomic mass is 9.87. The summed E-state index contributed by atoms with van der Waals surface area (Å²) in [6.45, 7) is 1.22. The molecule has 0 saturated heterocycles. The highest BCUT2D eigenvalue weighted by Gasteiger charge is 2.29. The van der Waals surface area contributed by atoms with Crippen molar-refractivity contribution in [2.24, 2.45) is 11.7 Å². The van der Waals surface area contributed by atoms with Crippen LogP contribution in [0.25, 0.3) is 0 Å². The molecule has 1 aliphatic rings. The maximum absolute atomic E-state index is 11.3. The van der Waals surface area contributed by atoms with Gasteiger partial charge in [0.15, 0.2) is 0 Å². The number of benzene rings is 1. The Morgan fingerprint density at radius 2 is 2.21 bits per heavy atom. The SMILES string of the molecule is NCCCCC(CC1COc2ccccc21)C(=O)O. The Balaban J connectivity index is 1.97. The molecule has 2 atom stereocenters. The van der Waals surface area contributed by atoms with Gasteiger partial charge in [0.1, 0.15) is 5.75 Å². The van der Waals surface area contributed by atoms with Crippen LogP contribution in [0.5, 0.6) is 5.75 Å². The van der Waals surface area contributed by atoms with Gasteiger partial charge in [0.25, 0.3) is 0 Å². The van der Waals surface area contributed by atoms with Crippen molar-refractivity contribution in [3.8, 4) is 5.75 Å². The number of hydrogen-bond donors (Lipinski definition) is 2. The standard InChI is InChI=1S/C15H21NO3/c16-8-4-3-5-11(15(17)18)9-12-10-19-14-7-2-1-6-13(12)14/h1-2,6-7,11-12H,3-5,8-10,16H2,(H,17,18). The van der Waals surface area contributed by atoms with Crippen LogP contribution in [-0.2, 0) is 4.79 Å². The van der Waals surface area contributed by atoms with Crippen molar-refractivity contribution in [3.05, 3.63) is 29.8 Å². The van der Waals surface area contributed by atoms with E-state index < -0.39 is 5.97 Å². The molecule has 4 heteroatoms. The monoisotopic (exact) mass is 263 g/mol. The molecule has 3 N–H and O–H groups in total. The zero-order valence-electron chi connectivity index (χ0n) is 11.0. The van der Waals surface area contributed by atoms with Crippen LogP contribution in [0.2, 0.25) is 0 Å². The fourth-order valence-corrected chi connectivity index (χ4v) is 2.65. The van der Waals surface area contributed by atoms with Gasteiger partial charge in [0.2, 0.25) is 0 Å². The van der Waals surface area contributed by atoms with Crippen LogP contribution in [0.15, 0.2) is 24.3 Å². The minimum absolute atomic E-state index is 0.204. The highest BCUT2D eigenvalue weighted by Crippen LogP contribution is 2.38. The maximum Gasteiger partial charge on any atom is 0.306 e. The van der Waals surface area contributed by atoms with Crippen LogP contribution in [0.1, 0.15) is 37.2 Å². The third-order valence-corrected chi connectivity index (χ3v) is 3.72. The number of aliphatic carboxylic acids is 1. The third-order valence-electron chi connectivity index (χ3n) is 3.72. The second-order valence-electron chi connectivity index (χ2n) is 5.10. The molecule has 4 nitrogen and oxygen atoms in total. The molecule has 1 aromatic carbocycles. The number of para-hydroxylation sites is 1. The molecule has 0 fully saturated rings. The van der Waals surface area contributed by atoms with Gasteiger partial charge in [-0.25, -0.2) is 0 Å². The van der Waals surface area contributed by atoms with Crippen molar-refractivity contribution < 1.29 is 14.6 Å². The van der Waals surface area contributed by atoms with Crippen molar-refractivity contribution in [2.75, 3.05) is 13.2 Å². The van der Waals surface area contributed by atoms with Gasteiger partial charge in [-0.2, -0.15) is 0 Å². The van der Waals surface area contributed by atoms with Crippen LogP contribution in [0.3, 0.4) is 0 Å². The molecule has 1 aliphatic heterocycles.